The summed E-state index contributed by atoms with van der Waals surface area (Å²) in [6.07, 6.45) is 1.72. The highest BCUT2D eigenvalue weighted by atomic mass is 19.1. The van der Waals surface area contributed by atoms with E-state index in [1.54, 1.807) is 6.07 Å². The fraction of sp³-hybridized carbons (Fsp3) is 0.562. The number of hydrogen-bond donors (Lipinski definition) is 2. The summed E-state index contributed by atoms with van der Waals surface area (Å²) in [6.45, 7) is 6.02. The molecule has 2 atom stereocenters. The van der Waals surface area contributed by atoms with Crippen molar-refractivity contribution < 1.29 is 9.18 Å². The zero-order valence-electron chi connectivity index (χ0n) is 12.7. The molecule has 1 aromatic rings. The van der Waals surface area contributed by atoms with Crippen LogP contribution in [-0.4, -0.2) is 36.6 Å². The van der Waals surface area contributed by atoms with Crippen LogP contribution < -0.4 is 10.6 Å². The molecule has 1 fully saturated rings. The first-order valence-corrected chi connectivity index (χ1v) is 7.69. The van der Waals surface area contributed by atoms with Gasteiger partial charge in [-0.15, -0.1) is 0 Å². The van der Waals surface area contributed by atoms with E-state index in [4.69, 9.17) is 0 Å². The monoisotopic (exact) mass is 293 g/mol. The Balaban J connectivity index is 1.95. The lowest BCUT2D eigenvalue weighted by molar-refractivity contribution is 0.208. The number of carbonyl (C=O) groups is 1. The molecule has 4 nitrogen and oxygen atoms in total. The van der Waals surface area contributed by atoms with E-state index in [0.717, 1.165) is 19.4 Å². The van der Waals surface area contributed by atoms with Crippen LogP contribution in [0.5, 0.6) is 0 Å². The van der Waals surface area contributed by atoms with Gasteiger partial charge in [0, 0.05) is 37.3 Å². The molecule has 0 saturated carbocycles. The SMILES string of the molecule is CCNC(=O)N1CC[C@H](N[C@@H](CC)c2ccccc2F)C1. The maximum absolute atomic E-state index is 13.9. The van der Waals surface area contributed by atoms with Crippen molar-refractivity contribution in [3.8, 4) is 0 Å². The summed E-state index contributed by atoms with van der Waals surface area (Å²) in [6, 6.07) is 7.09. The predicted molar refractivity (Wildman–Crippen MR) is 81.6 cm³/mol. The molecule has 0 aliphatic carbocycles. The van der Waals surface area contributed by atoms with Crippen LogP contribution >= 0.6 is 0 Å². The van der Waals surface area contributed by atoms with Crippen molar-refractivity contribution in [2.75, 3.05) is 19.6 Å². The van der Waals surface area contributed by atoms with Crippen molar-refractivity contribution in [1.29, 1.82) is 0 Å². The average molecular weight is 293 g/mol. The number of nitrogens with one attached hydrogen (secondary N) is 2. The Morgan fingerprint density at radius 2 is 2.19 bits per heavy atom. The largest absolute Gasteiger partial charge is 0.338 e. The second-order valence-electron chi connectivity index (χ2n) is 5.42. The number of urea groups is 1. The summed E-state index contributed by atoms with van der Waals surface area (Å²) < 4.78 is 13.9. The molecular weight excluding hydrogens is 269 g/mol. The Morgan fingerprint density at radius 1 is 1.43 bits per heavy atom. The molecule has 1 aliphatic heterocycles. The molecule has 0 bridgehead atoms. The third-order valence-corrected chi connectivity index (χ3v) is 3.93. The van der Waals surface area contributed by atoms with Crippen LogP contribution in [0.3, 0.4) is 0 Å². The topological polar surface area (TPSA) is 44.4 Å². The van der Waals surface area contributed by atoms with Crippen LogP contribution in [0.1, 0.15) is 38.3 Å². The molecule has 0 aromatic heterocycles. The number of nitrogens with zero attached hydrogens (tertiary/aromatic N) is 1. The Labute approximate surface area is 125 Å². The number of likely N-dealkylation sites (tertiary alicyclic amines) is 1. The first kappa shape index (κ1) is 15.8. The lowest BCUT2D eigenvalue weighted by atomic mass is 10.0. The number of amides is 2. The maximum atomic E-state index is 13.9. The van der Waals surface area contributed by atoms with Crippen molar-refractivity contribution in [1.82, 2.24) is 15.5 Å². The Bertz CT molecular complexity index is 480. The van der Waals surface area contributed by atoms with Crippen LogP contribution in [0, 0.1) is 5.82 Å². The van der Waals surface area contributed by atoms with Gasteiger partial charge in [0.15, 0.2) is 0 Å². The molecule has 0 radical (unpaired) electrons. The molecule has 1 heterocycles. The van der Waals surface area contributed by atoms with Gasteiger partial charge in [-0.25, -0.2) is 9.18 Å². The summed E-state index contributed by atoms with van der Waals surface area (Å²) >= 11 is 0. The molecule has 1 saturated heterocycles. The van der Waals surface area contributed by atoms with Crippen molar-refractivity contribution in [2.24, 2.45) is 0 Å². The van der Waals surface area contributed by atoms with Gasteiger partial charge in [-0.1, -0.05) is 25.1 Å². The van der Waals surface area contributed by atoms with Crippen LogP contribution in [0.25, 0.3) is 0 Å². The Hall–Kier alpha value is -1.62. The van der Waals surface area contributed by atoms with Crippen molar-refractivity contribution in [3.63, 3.8) is 0 Å². The van der Waals surface area contributed by atoms with Gasteiger partial charge in [-0.2, -0.15) is 0 Å². The van der Waals surface area contributed by atoms with E-state index in [-0.39, 0.29) is 23.9 Å². The molecule has 116 valence electrons. The first-order valence-electron chi connectivity index (χ1n) is 7.69. The van der Waals surface area contributed by atoms with Gasteiger partial charge in [0.05, 0.1) is 0 Å². The predicted octanol–water partition coefficient (Wildman–Crippen LogP) is 2.67. The zero-order valence-corrected chi connectivity index (χ0v) is 12.7. The van der Waals surface area contributed by atoms with E-state index >= 15 is 0 Å². The van der Waals surface area contributed by atoms with E-state index in [9.17, 15) is 9.18 Å². The van der Waals surface area contributed by atoms with Crippen molar-refractivity contribution in [3.05, 3.63) is 35.6 Å². The molecule has 2 rings (SSSR count). The molecule has 5 heteroatoms. The maximum Gasteiger partial charge on any atom is 0.317 e. The molecule has 21 heavy (non-hydrogen) atoms. The van der Waals surface area contributed by atoms with Gasteiger partial charge in [-0.3, -0.25) is 0 Å². The van der Waals surface area contributed by atoms with Gasteiger partial charge >= 0.3 is 6.03 Å². The van der Waals surface area contributed by atoms with E-state index in [1.807, 2.05) is 30.9 Å². The third kappa shape index (κ3) is 3.94. The van der Waals surface area contributed by atoms with Crippen molar-refractivity contribution in [2.45, 2.75) is 38.8 Å². The summed E-state index contributed by atoms with van der Waals surface area (Å²) in [7, 11) is 0. The number of carbonyl (C=O) groups excluding carboxylic acids is 1. The summed E-state index contributed by atoms with van der Waals surface area (Å²) in [5.74, 6) is -0.171. The van der Waals surface area contributed by atoms with Gasteiger partial charge in [-0.05, 0) is 25.8 Å². The molecule has 0 unspecified atom stereocenters. The minimum absolute atomic E-state index is 0.00890. The fourth-order valence-electron chi connectivity index (χ4n) is 2.81. The van der Waals surface area contributed by atoms with Crippen LogP contribution in [0.4, 0.5) is 9.18 Å². The van der Waals surface area contributed by atoms with Gasteiger partial charge in [0.1, 0.15) is 5.82 Å². The number of rotatable bonds is 5. The van der Waals surface area contributed by atoms with Crippen LogP contribution in [0.2, 0.25) is 0 Å². The summed E-state index contributed by atoms with van der Waals surface area (Å²) in [5, 5.41) is 6.30. The minimum atomic E-state index is -0.171. The smallest absolute Gasteiger partial charge is 0.317 e. The average Bonchev–Trinajstić information content (AvgIpc) is 2.94. The normalized spacial score (nSPS) is 19.6. The van der Waals surface area contributed by atoms with Gasteiger partial charge in [0.25, 0.3) is 0 Å². The Kier molecular flexibility index (Phi) is 5.56. The fourth-order valence-corrected chi connectivity index (χ4v) is 2.81. The summed E-state index contributed by atoms with van der Waals surface area (Å²) in [5.41, 5.74) is 0.705. The van der Waals surface area contributed by atoms with Gasteiger partial charge in [0.2, 0.25) is 0 Å². The van der Waals surface area contributed by atoms with Crippen LogP contribution in [0.15, 0.2) is 24.3 Å². The number of benzene rings is 1. The molecule has 0 spiro atoms. The minimum Gasteiger partial charge on any atom is -0.338 e. The molecular formula is C16H24FN3O. The molecule has 2 N–H and O–H groups in total. The second-order valence-corrected chi connectivity index (χ2v) is 5.42. The van der Waals surface area contributed by atoms with E-state index in [2.05, 4.69) is 10.6 Å². The number of halogens is 1. The van der Waals surface area contributed by atoms with Gasteiger partial charge < -0.3 is 15.5 Å². The van der Waals surface area contributed by atoms with Crippen molar-refractivity contribution >= 4 is 6.03 Å². The number of hydrogen-bond acceptors (Lipinski definition) is 2. The quantitative estimate of drug-likeness (QED) is 0.876. The van der Waals surface area contributed by atoms with E-state index < -0.39 is 0 Å². The lowest BCUT2D eigenvalue weighted by Crippen LogP contribution is -2.41. The standard InChI is InChI=1S/C16H24FN3O/c1-3-15(13-7-5-6-8-14(13)17)19-12-9-10-20(11-12)16(21)18-4-2/h5-8,12,15,19H,3-4,9-11H2,1-2H3,(H,18,21)/t12-,15-/m0/s1. The molecule has 1 aromatic carbocycles. The first-order chi connectivity index (χ1) is 10.2. The Morgan fingerprint density at radius 3 is 2.86 bits per heavy atom. The second kappa shape index (κ2) is 7.41. The van der Waals surface area contributed by atoms with E-state index in [0.29, 0.717) is 18.7 Å². The zero-order chi connectivity index (χ0) is 15.2. The highest BCUT2D eigenvalue weighted by Gasteiger charge is 2.28. The van der Waals surface area contributed by atoms with Crippen LogP contribution in [-0.2, 0) is 0 Å². The summed E-state index contributed by atoms with van der Waals surface area (Å²) in [4.78, 5) is 13.6. The molecule has 2 amide bonds. The van der Waals surface area contributed by atoms with E-state index in [1.165, 1.54) is 6.07 Å². The highest BCUT2D eigenvalue weighted by molar-refractivity contribution is 5.74. The molecule has 1 aliphatic rings. The third-order valence-electron chi connectivity index (χ3n) is 3.93. The lowest BCUT2D eigenvalue weighted by Gasteiger charge is -2.23. The highest BCUT2D eigenvalue weighted by Crippen LogP contribution is 2.22.